The zero-order chi connectivity index (χ0) is 21.6. The van der Waals surface area contributed by atoms with Crippen LogP contribution in [0.25, 0.3) is 0 Å². The van der Waals surface area contributed by atoms with Gasteiger partial charge in [-0.2, -0.15) is 0 Å². The summed E-state index contributed by atoms with van der Waals surface area (Å²) in [6.07, 6.45) is 3.16. The van der Waals surface area contributed by atoms with Crippen molar-refractivity contribution in [3.8, 4) is 5.75 Å². The molecule has 0 aliphatic heterocycles. The Hall–Kier alpha value is -2.94. The van der Waals surface area contributed by atoms with Crippen LogP contribution in [0.3, 0.4) is 0 Å². The maximum Gasteiger partial charge on any atom is 0.251 e. The van der Waals surface area contributed by atoms with E-state index in [9.17, 15) is 13.2 Å². The monoisotopic (exact) mass is 445 g/mol. The number of ether oxygens (including phenoxy) is 1. The number of benzene rings is 2. The molecule has 0 atom stereocenters. The van der Waals surface area contributed by atoms with E-state index in [2.05, 4.69) is 15.0 Å². The molecule has 1 amide bonds. The molecule has 156 valence electrons. The van der Waals surface area contributed by atoms with E-state index in [1.165, 1.54) is 18.2 Å². The SMILES string of the molecule is COc1ccccc1CNC(=O)c1ccc(Cl)c(S(=O)(=O)NCc2cccnc2)c1. The first-order chi connectivity index (χ1) is 14.4. The first kappa shape index (κ1) is 21.8. The number of nitrogens with one attached hydrogen (secondary N) is 2. The van der Waals surface area contributed by atoms with Crippen molar-refractivity contribution in [2.24, 2.45) is 0 Å². The van der Waals surface area contributed by atoms with Crippen molar-refractivity contribution in [2.75, 3.05) is 7.11 Å². The number of aromatic nitrogens is 1. The van der Waals surface area contributed by atoms with Gasteiger partial charge < -0.3 is 10.1 Å². The van der Waals surface area contributed by atoms with E-state index in [0.29, 0.717) is 11.3 Å². The molecule has 1 heterocycles. The van der Waals surface area contributed by atoms with Crippen LogP contribution >= 0.6 is 11.6 Å². The average molecular weight is 446 g/mol. The van der Waals surface area contributed by atoms with Crippen LogP contribution in [0, 0.1) is 0 Å². The van der Waals surface area contributed by atoms with Gasteiger partial charge in [-0.25, -0.2) is 13.1 Å². The molecule has 2 N–H and O–H groups in total. The number of rotatable bonds is 8. The highest BCUT2D eigenvalue weighted by molar-refractivity contribution is 7.89. The maximum absolute atomic E-state index is 12.7. The Bertz CT molecular complexity index is 1140. The number of para-hydroxylation sites is 1. The third-order valence-electron chi connectivity index (χ3n) is 4.30. The fourth-order valence-corrected chi connectivity index (χ4v) is 4.28. The molecular weight excluding hydrogens is 426 g/mol. The molecule has 3 rings (SSSR count). The summed E-state index contributed by atoms with van der Waals surface area (Å²) < 4.78 is 33.1. The Morgan fingerprint density at radius 2 is 1.90 bits per heavy atom. The standard InChI is InChI=1S/C21H20ClN3O4S/c1-29-19-7-3-2-6-17(19)14-24-21(26)16-8-9-18(22)20(11-16)30(27,28)25-13-15-5-4-10-23-12-15/h2-12,25H,13-14H2,1H3,(H,24,26). The Morgan fingerprint density at radius 1 is 1.10 bits per heavy atom. The molecule has 1 aromatic heterocycles. The number of hydrogen-bond acceptors (Lipinski definition) is 5. The molecule has 2 aromatic carbocycles. The topological polar surface area (TPSA) is 97.4 Å². The minimum Gasteiger partial charge on any atom is -0.496 e. The summed E-state index contributed by atoms with van der Waals surface area (Å²) in [4.78, 5) is 16.3. The van der Waals surface area contributed by atoms with Gasteiger partial charge in [-0.05, 0) is 35.9 Å². The summed E-state index contributed by atoms with van der Waals surface area (Å²) >= 11 is 6.10. The number of hydrogen-bond donors (Lipinski definition) is 2. The van der Waals surface area contributed by atoms with Crippen LogP contribution in [0.15, 0.2) is 71.9 Å². The van der Waals surface area contributed by atoms with E-state index in [1.807, 2.05) is 18.2 Å². The molecule has 0 bridgehead atoms. The molecule has 0 saturated carbocycles. The van der Waals surface area contributed by atoms with Crippen LogP contribution in [0.1, 0.15) is 21.5 Å². The van der Waals surface area contributed by atoms with Gasteiger partial charge in [0.2, 0.25) is 10.0 Å². The second-order valence-corrected chi connectivity index (χ2v) is 8.47. The van der Waals surface area contributed by atoms with E-state index in [1.54, 1.807) is 37.7 Å². The summed E-state index contributed by atoms with van der Waals surface area (Å²) in [5, 5.41) is 2.78. The Kier molecular flexibility index (Phi) is 7.04. The van der Waals surface area contributed by atoms with Gasteiger partial charge in [0, 0.05) is 36.6 Å². The summed E-state index contributed by atoms with van der Waals surface area (Å²) in [6, 6.07) is 14.9. The number of methoxy groups -OCH3 is 1. The van der Waals surface area contributed by atoms with Crippen molar-refractivity contribution in [1.82, 2.24) is 15.0 Å². The number of carbonyl (C=O) groups excluding carboxylic acids is 1. The van der Waals surface area contributed by atoms with Gasteiger partial charge in [-0.1, -0.05) is 35.9 Å². The summed E-state index contributed by atoms with van der Waals surface area (Å²) in [6.45, 7) is 0.281. The van der Waals surface area contributed by atoms with Crippen LogP contribution in [0.5, 0.6) is 5.75 Å². The Labute approximate surface area is 180 Å². The predicted molar refractivity (Wildman–Crippen MR) is 114 cm³/mol. The predicted octanol–water partition coefficient (Wildman–Crippen LogP) is 3.15. The van der Waals surface area contributed by atoms with Gasteiger partial charge in [0.1, 0.15) is 10.6 Å². The highest BCUT2D eigenvalue weighted by atomic mass is 35.5. The molecule has 0 aliphatic rings. The number of halogens is 1. The number of nitrogens with zero attached hydrogens (tertiary/aromatic N) is 1. The van der Waals surface area contributed by atoms with Crippen LogP contribution in [-0.2, 0) is 23.1 Å². The third kappa shape index (κ3) is 5.35. The van der Waals surface area contributed by atoms with Gasteiger partial charge in [-0.3, -0.25) is 9.78 Å². The largest absolute Gasteiger partial charge is 0.496 e. The van der Waals surface area contributed by atoms with Crippen molar-refractivity contribution < 1.29 is 17.9 Å². The summed E-state index contributed by atoms with van der Waals surface area (Å²) in [5.74, 6) is 0.220. The average Bonchev–Trinajstić information content (AvgIpc) is 2.77. The van der Waals surface area contributed by atoms with Crippen molar-refractivity contribution >= 4 is 27.5 Å². The second-order valence-electron chi connectivity index (χ2n) is 6.33. The van der Waals surface area contributed by atoms with E-state index < -0.39 is 15.9 Å². The zero-order valence-electron chi connectivity index (χ0n) is 16.1. The van der Waals surface area contributed by atoms with Crippen molar-refractivity contribution in [2.45, 2.75) is 18.0 Å². The lowest BCUT2D eigenvalue weighted by molar-refractivity contribution is 0.0950. The van der Waals surface area contributed by atoms with Crippen LogP contribution in [0.2, 0.25) is 5.02 Å². The van der Waals surface area contributed by atoms with Gasteiger partial charge in [0.05, 0.1) is 12.1 Å². The van der Waals surface area contributed by atoms with E-state index in [4.69, 9.17) is 16.3 Å². The van der Waals surface area contributed by atoms with Crippen LogP contribution in [-0.4, -0.2) is 26.4 Å². The molecule has 7 nitrogen and oxygen atoms in total. The minimum atomic E-state index is -3.93. The lowest BCUT2D eigenvalue weighted by Crippen LogP contribution is -2.26. The number of carbonyl (C=O) groups is 1. The molecule has 0 fully saturated rings. The first-order valence-corrected chi connectivity index (χ1v) is 10.8. The molecular formula is C21H20ClN3O4S. The van der Waals surface area contributed by atoms with Crippen LogP contribution in [0.4, 0.5) is 0 Å². The van der Waals surface area contributed by atoms with Gasteiger partial charge in [0.25, 0.3) is 5.91 Å². The normalized spacial score (nSPS) is 11.1. The van der Waals surface area contributed by atoms with E-state index >= 15 is 0 Å². The van der Waals surface area contributed by atoms with Crippen LogP contribution < -0.4 is 14.8 Å². The molecule has 9 heteroatoms. The lowest BCUT2D eigenvalue weighted by atomic mass is 10.1. The lowest BCUT2D eigenvalue weighted by Gasteiger charge is -2.12. The minimum absolute atomic E-state index is 0.0231. The van der Waals surface area contributed by atoms with E-state index in [0.717, 1.165) is 5.56 Å². The van der Waals surface area contributed by atoms with Gasteiger partial charge in [-0.15, -0.1) is 0 Å². The molecule has 30 heavy (non-hydrogen) atoms. The van der Waals surface area contributed by atoms with Gasteiger partial charge >= 0.3 is 0 Å². The molecule has 0 saturated heterocycles. The first-order valence-electron chi connectivity index (χ1n) is 8.99. The molecule has 0 radical (unpaired) electrons. The number of sulfonamides is 1. The van der Waals surface area contributed by atoms with Crippen molar-refractivity contribution in [1.29, 1.82) is 0 Å². The zero-order valence-corrected chi connectivity index (χ0v) is 17.7. The highest BCUT2D eigenvalue weighted by Gasteiger charge is 2.20. The quantitative estimate of drug-likeness (QED) is 0.555. The van der Waals surface area contributed by atoms with Gasteiger partial charge in [0.15, 0.2) is 0 Å². The van der Waals surface area contributed by atoms with E-state index in [-0.39, 0.29) is 28.6 Å². The summed E-state index contributed by atoms with van der Waals surface area (Å²) in [7, 11) is -2.38. The number of pyridine rings is 1. The molecule has 0 spiro atoms. The van der Waals surface area contributed by atoms with Crippen molar-refractivity contribution in [3.05, 3.63) is 88.7 Å². The molecule has 0 aliphatic carbocycles. The fraction of sp³-hybridized carbons (Fsp3) is 0.143. The maximum atomic E-state index is 12.7. The smallest absolute Gasteiger partial charge is 0.251 e. The highest BCUT2D eigenvalue weighted by Crippen LogP contribution is 2.23. The summed E-state index contributed by atoms with van der Waals surface area (Å²) in [5.41, 5.74) is 1.67. The Balaban J connectivity index is 1.74. The van der Waals surface area contributed by atoms with Crippen molar-refractivity contribution in [3.63, 3.8) is 0 Å². The fourth-order valence-electron chi connectivity index (χ4n) is 2.74. The Morgan fingerprint density at radius 3 is 2.63 bits per heavy atom. The molecule has 3 aromatic rings. The second kappa shape index (κ2) is 9.71. The number of amides is 1. The molecule has 0 unspecified atom stereocenters. The third-order valence-corrected chi connectivity index (χ3v) is 6.19.